The van der Waals surface area contributed by atoms with Crippen LogP contribution in [0.15, 0.2) is 30.3 Å². The number of hydrogen-bond acceptors (Lipinski definition) is 2. The van der Waals surface area contributed by atoms with E-state index >= 15 is 0 Å². The van der Waals surface area contributed by atoms with E-state index in [9.17, 15) is 4.57 Å². The summed E-state index contributed by atoms with van der Waals surface area (Å²) in [7, 11) is 0. The Hall–Kier alpha value is -0.300. The van der Waals surface area contributed by atoms with Crippen LogP contribution in [-0.2, 0) is 9.09 Å². The molecule has 1 unspecified atom stereocenters. The average Bonchev–Trinajstić information content (AvgIpc) is 2.71. The van der Waals surface area contributed by atoms with E-state index < -0.39 is 6.72 Å². The standard InChI is InChI=1S/C24H42ClO2P/c1-2-3-4-5-6-7-8-9-10-11-12-13-14-15-16-20-23-27-28(25,26)24-21-18-17-19-22-24/h17-19,21-22H,2-16,20,23H2,1H3. The van der Waals surface area contributed by atoms with Crippen molar-refractivity contribution >= 4 is 23.3 Å². The third kappa shape index (κ3) is 13.8. The van der Waals surface area contributed by atoms with Gasteiger partial charge in [0.15, 0.2) is 0 Å². The van der Waals surface area contributed by atoms with Crippen molar-refractivity contribution in [3.8, 4) is 0 Å². The van der Waals surface area contributed by atoms with E-state index in [1.54, 1.807) is 12.1 Å². The first-order valence-corrected chi connectivity index (χ1v) is 14.2. The number of rotatable bonds is 19. The molecule has 0 saturated carbocycles. The van der Waals surface area contributed by atoms with Crippen molar-refractivity contribution < 1.29 is 9.09 Å². The normalized spacial score (nSPS) is 13.5. The third-order valence-corrected chi connectivity index (χ3v) is 7.63. The molecule has 1 aromatic rings. The molecule has 0 saturated heterocycles. The zero-order valence-electron chi connectivity index (χ0n) is 18.0. The second-order valence-corrected chi connectivity index (χ2v) is 11.0. The topological polar surface area (TPSA) is 26.3 Å². The van der Waals surface area contributed by atoms with Gasteiger partial charge in [0.25, 0.3) is 0 Å². The number of hydrogen-bond donors (Lipinski definition) is 0. The van der Waals surface area contributed by atoms with Crippen LogP contribution < -0.4 is 5.30 Å². The Balaban J connectivity index is 1.82. The molecule has 28 heavy (non-hydrogen) atoms. The Morgan fingerprint density at radius 1 is 0.679 bits per heavy atom. The van der Waals surface area contributed by atoms with Gasteiger partial charge in [-0.1, -0.05) is 121 Å². The molecule has 4 heteroatoms. The summed E-state index contributed by atoms with van der Waals surface area (Å²) < 4.78 is 17.8. The van der Waals surface area contributed by atoms with Gasteiger partial charge in [-0.2, -0.15) is 0 Å². The summed E-state index contributed by atoms with van der Waals surface area (Å²) in [5.41, 5.74) is 0. The maximum Gasteiger partial charge on any atom is 0.319 e. The van der Waals surface area contributed by atoms with Gasteiger partial charge in [-0.15, -0.1) is 0 Å². The SMILES string of the molecule is CCCCCCCCCCCCCCCCCCOP(=O)(Cl)c1ccccc1. The van der Waals surface area contributed by atoms with Gasteiger partial charge in [-0.25, -0.2) is 0 Å². The maximum absolute atomic E-state index is 12.3. The minimum atomic E-state index is -3.16. The van der Waals surface area contributed by atoms with Crippen molar-refractivity contribution in [1.29, 1.82) is 0 Å². The molecule has 0 bridgehead atoms. The second kappa shape index (κ2) is 17.5. The van der Waals surface area contributed by atoms with Crippen LogP contribution >= 0.6 is 18.0 Å². The minimum Gasteiger partial charge on any atom is -0.314 e. The van der Waals surface area contributed by atoms with Crippen LogP contribution in [0.25, 0.3) is 0 Å². The lowest BCUT2D eigenvalue weighted by atomic mass is 10.0. The smallest absolute Gasteiger partial charge is 0.314 e. The van der Waals surface area contributed by atoms with Crippen LogP contribution in [0.3, 0.4) is 0 Å². The zero-order valence-corrected chi connectivity index (χ0v) is 19.7. The third-order valence-electron chi connectivity index (χ3n) is 5.32. The molecule has 2 nitrogen and oxygen atoms in total. The molecule has 162 valence electrons. The van der Waals surface area contributed by atoms with E-state index in [4.69, 9.17) is 15.8 Å². The van der Waals surface area contributed by atoms with Gasteiger partial charge < -0.3 is 4.52 Å². The lowest BCUT2D eigenvalue weighted by Gasteiger charge is -2.11. The van der Waals surface area contributed by atoms with E-state index in [1.165, 1.54) is 89.9 Å². The Bertz CT molecular complexity index is 507. The fourth-order valence-corrected chi connectivity index (χ4v) is 5.10. The monoisotopic (exact) mass is 428 g/mol. The fourth-order valence-electron chi connectivity index (χ4n) is 3.51. The largest absolute Gasteiger partial charge is 0.319 e. The molecular weight excluding hydrogens is 387 g/mol. The van der Waals surface area contributed by atoms with Gasteiger partial charge in [0, 0.05) is 0 Å². The summed E-state index contributed by atoms with van der Waals surface area (Å²) in [6, 6.07) is 9.09. The van der Waals surface area contributed by atoms with Crippen molar-refractivity contribution in [2.45, 2.75) is 110 Å². The first kappa shape index (κ1) is 25.7. The Morgan fingerprint density at radius 3 is 1.50 bits per heavy atom. The van der Waals surface area contributed by atoms with E-state index in [2.05, 4.69) is 6.92 Å². The molecule has 1 atom stereocenters. The maximum atomic E-state index is 12.3. The van der Waals surface area contributed by atoms with E-state index in [0.717, 1.165) is 12.8 Å². The predicted molar refractivity (Wildman–Crippen MR) is 125 cm³/mol. The highest BCUT2D eigenvalue weighted by atomic mass is 35.7. The molecule has 0 amide bonds. The minimum absolute atomic E-state index is 0.480. The number of benzene rings is 1. The van der Waals surface area contributed by atoms with Crippen molar-refractivity contribution in [3.05, 3.63) is 30.3 Å². The highest BCUT2D eigenvalue weighted by molar-refractivity contribution is 7.91. The first-order chi connectivity index (χ1) is 13.7. The molecule has 0 fully saturated rings. The van der Waals surface area contributed by atoms with Crippen LogP contribution in [0.5, 0.6) is 0 Å². The molecule has 1 rings (SSSR count). The van der Waals surface area contributed by atoms with Crippen LogP contribution in [0.2, 0.25) is 0 Å². The van der Waals surface area contributed by atoms with Crippen molar-refractivity contribution in [2.24, 2.45) is 0 Å². The van der Waals surface area contributed by atoms with Crippen LogP contribution in [-0.4, -0.2) is 6.61 Å². The molecule has 0 aliphatic heterocycles. The number of halogens is 1. The van der Waals surface area contributed by atoms with E-state index in [1.807, 2.05) is 18.2 Å². The summed E-state index contributed by atoms with van der Waals surface area (Å²) >= 11 is 6.07. The fraction of sp³-hybridized carbons (Fsp3) is 0.750. The average molecular weight is 429 g/mol. The Morgan fingerprint density at radius 2 is 1.07 bits per heavy atom. The Kier molecular flexibility index (Phi) is 16.1. The lowest BCUT2D eigenvalue weighted by Crippen LogP contribution is -2.03. The summed E-state index contributed by atoms with van der Waals surface area (Å²) in [6.07, 6.45) is 21.5. The predicted octanol–water partition coefficient (Wildman–Crippen LogP) is 9.02. The zero-order chi connectivity index (χ0) is 20.3. The van der Waals surface area contributed by atoms with Crippen molar-refractivity contribution in [1.82, 2.24) is 0 Å². The van der Waals surface area contributed by atoms with Crippen LogP contribution in [0.1, 0.15) is 110 Å². The van der Waals surface area contributed by atoms with Gasteiger partial charge in [-0.3, -0.25) is 4.57 Å². The van der Waals surface area contributed by atoms with Gasteiger partial charge in [0.1, 0.15) is 0 Å². The van der Waals surface area contributed by atoms with Gasteiger partial charge in [0.2, 0.25) is 0 Å². The second-order valence-electron chi connectivity index (χ2n) is 7.95. The highest BCUT2D eigenvalue weighted by Crippen LogP contribution is 2.51. The molecular formula is C24H42ClO2P. The number of unbranched alkanes of at least 4 members (excludes halogenated alkanes) is 15. The van der Waals surface area contributed by atoms with Crippen LogP contribution in [0.4, 0.5) is 0 Å². The highest BCUT2D eigenvalue weighted by Gasteiger charge is 2.21. The Labute approximate surface area is 179 Å². The molecule has 0 heterocycles. The quantitative estimate of drug-likeness (QED) is 0.162. The van der Waals surface area contributed by atoms with E-state index in [-0.39, 0.29) is 0 Å². The summed E-state index contributed by atoms with van der Waals surface area (Å²) in [5.74, 6) is 0. The molecule has 0 aliphatic rings. The molecule has 0 N–H and O–H groups in total. The summed E-state index contributed by atoms with van der Waals surface area (Å²) in [5, 5.41) is 0.591. The first-order valence-electron chi connectivity index (χ1n) is 11.7. The van der Waals surface area contributed by atoms with Crippen LogP contribution in [0, 0.1) is 0 Å². The molecule has 0 radical (unpaired) electrons. The molecule has 0 spiro atoms. The van der Waals surface area contributed by atoms with Gasteiger partial charge in [0.05, 0.1) is 11.9 Å². The molecule has 0 aliphatic carbocycles. The molecule has 1 aromatic carbocycles. The van der Waals surface area contributed by atoms with Crippen molar-refractivity contribution in [2.75, 3.05) is 6.61 Å². The summed E-state index contributed by atoms with van der Waals surface area (Å²) in [6.45, 7) is -0.403. The molecule has 0 aromatic heterocycles. The van der Waals surface area contributed by atoms with Crippen molar-refractivity contribution in [3.63, 3.8) is 0 Å². The van der Waals surface area contributed by atoms with E-state index in [0.29, 0.717) is 11.9 Å². The van der Waals surface area contributed by atoms with Gasteiger partial charge in [-0.05, 0) is 29.8 Å². The van der Waals surface area contributed by atoms with Gasteiger partial charge >= 0.3 is 6.72 Å². The lowest BCUT2D eigenvalue weighted by molar-refractivity contribution is 0.316. The summed E-state index contributed by atoms with van der Waals surface area (Å²) in [4.78, 5) is 0.